The second-order valence-electron chi connectivity index (χ2n) is 8.79. The molecule has 0 radical (unpaired) electrons. The summed E-state index contributed by atoms with van der Waals surface area (Å²) in [6.45, 7) is 4.44. The SMILES string of the molecule is CC(C)O[C@H]1CCN(C(=O)C2NNC(C3CCCCCCC3)C2N)C[C@H]1F. The maximum Gasteiger partial charge on any atom is 0.242 e. The summed E-state index contributed by atoms with van der Waals surface area (Å²) in [5.41, 5.74) is 12.9. The largest absolute Gasteiger partial charge is 0.372 e. The van der Waals surface area contributed by atoms with Crippen LogP contribution in [0.15, 0.2) is 0 Å². The standard InChI is InChI=1S/C20H37FN4O2/c1-13(2)27-16-10-11-25(12-15(16)21)20(26)19-17(22)18(23-24-19)14-8-6-4-3-5-7-9-14/h13-19,23-24H,3-12,22H2,1-2H3/t15-,16+,17?,18?,19?/m1/s1. The van der Waals surface area contributed by atoms with Gasteiger partial charge in [0.05, 0.1) is 18.8 Å². The number of piperidine rings is 1. The Kier molecular flexibility index (Phi) is 7.48. The molecule has 3 rings (SSSR count). The smallest absolute Gasteiger partial charge is 0.242 e. The van der Waals surface area contributed by atoms with Gasteiger partial charge in [-0.25, -0.2) is 9.82 Å². The maximum atomic E-state index is 14.5. The highest BCUT2D eigenvalue weighted by Crippen LogP contribution is 2.29. The minimum Gasteiger partial charge on any atom is -0.372 e. The van der Waals surface area contributed by atoms with Crippen molar-refractivity contribution in [3.05, 3.63) is 0 Å². The molecular formula is C20H37FN4O2. The molecule has 6 nitrogen and oxygen atoms in total. The topological polar surface area (TPSA) is 79.6 Å². The highest BCUT2D eigenvalue weighted by atomic mass is 19.1. The summed E-state index contributed by atoms with van der Waals surface area (Å²) in [7, 11) is 0. The lowest BCUT2D eigenvalue weighted by Gasteiger charge is -2.37. The molecule has 3 fully saturated rings. The molecule has 0 spiro atoms. The zero-order valence-corrected chi connectivity index (χ0v) is 16.8. The van der Waals surface area contributed by atoms with Crippen LogP contribution in [0.1, 0.15) is 65.2 Å². The Morgan fingerprint density at radius 2 is 1.78 bits per heavy atom. The minimum absolute atomic E-state index is 0.00541. The van der Waals surface area contributed by atoms with Crippen molar-refractivity contribution in [1.82, 2.24) is 15.8 Å². The number of hydrogen-bond acceptors (Lipinski definition) is 5. The van der Waals surface area contributed by atoms with Gasteiger partial charge in [-0.05, 0) is 39.0 Å². The molecule has 5 atom stereocenters. The van der Waals surface area contributed by atoms with Gasteiger partial charge in [0, 0.05) is 18.6 Å². The van der Waals surface area contributed by atoms with E-state index < -0.39 is 18.3 Å². The average molecular weight is 385 g/mol. The third kappa shape index (κ3) is 5.19. The van der Waals surface area contributed by atoms with E-state index in [1.54, 1.807) is 4.90 Å². The summed E-state index contributed by atoms with van der Waals surface area (Å²) in [4.78, 5) is 14.6. The number of carbonyl (C=O) groups is 1. The van der Waals surface area contributed by atoms with Crippen LogP contribution < -0.4 is 16.6 Å². The number of alkyl halides is 1. The Bertz CT molecular complexity index is 485. The number of carbonyl (C=O) groups excluding carboxylic acids is 1. The van der Waals surface area contributed by atoms with Crippen LogP contribution >= 0.6 is 0 Å². The van der Waals surface area contributed by atoms with Crippen molar-refractivity contribution in [2.75, 3.05) is 13.1 Å². The van der Waals surface area contributed by atoms with Crippen molar-refractivity contribution in [2.45, 2.75) is 102 Å². The predicted molar refractivity (Wildman–Crippen MR) is 104 cm³/mol. The van der Waals surface area contributed by atoms with Gasteiger partial charge < -0.3 is 15.4 Å². The fraction of sp³-hybridized carbons (Fsp3) is 0.950. The molecule has 2 saturated heterocycles. The average Bonchev–Trinajstić information content (AvgIpc) is 2.97. The number of rotatable bonds is 4. The minimum atomic E-state index is -1.14. The molecule has 2 heterocycles. The number of nitrogens with one attached hydrogen (secondary N) is 2. The molecule has 156 valence electrons. The van der Waals surface area contributed by atoms with Crippen LogP contribution in [-0.4, -0.2) is 60.4 Å². The zero-order valence-electron chi connectivity index (χ0n) is 16.8. The number of hydrazine groups is 1. The van der Waals surface area contributed by atoms with Crippen molar-refractivity contribution < 1.29 is 13.9 Å². The van der Waals surface area contributed by atoms with Crippen LogP contribution in [0.25, 0.3) is 0 Å². The molecule has 7 heteroatoms. The van der Waals surface area contributed by atoms with Gasteiger partial charge in [0.15, 0.2) is 0 Å². The normalized spacial score (nSPS) is 36.6. The van der Waals surface area contributed by atoms with Crippen molar-refractivity contribution in [3.8, 4) is 0 Å². The van der Waals surface area contributed by atoms with Gasteiger partial charge in [0.2, 0.25) is 5.91 Å². The highest BCUT2D eigenvalue weighted by Gasteiger charge is 2.44. The van der Waals surface area contributed by atoms with Gasteiger partial charge in [-0.1, -0.05) is 32.1 Å². The Morgan fingerprint density at radius 3 is 2.41 bits per heavy atom. The quantitative estimate of drug-likeness (QED) is 0.690. The molecule has 3 aliphatic rings. The van der Waals surface area contributed by atoms with Crippen LogP contribution in [0.3, 0.4) is 0 Å². The van der Waals surface area contributed by atoms with Crippen molar-refractivity contribution in [1.29, 1.82) is 0 Å². The van der Waals surface area contributed by atoms with Gasteiger partial charge in [0.25, 0.3) is 0 Å². The van der Waals surface area contributed by atoms with Gasteiger partial charge in [0.1, 0.15) is 12.2 Å². The van der Waals surface area contributed by atoms with Crippen LogP contribution in [0.5, 0.6) is 0 Å². The van der Waals surface area contributed by atoms with E-state index in [2.05, 4.69) is 10.9 Å². The van der Waals surface area contributed by atoms with Gasteiger partial charge in [-0.15, -0.1) is 0 Å². The molecular weight excluding hydrogens is 347 g/mol. The molecule has 0 aromatic heterocycles. The Hall–Kier alpha value is -0.760. The van der Waals surface area contributed by atoms with E-state index in [1.807, 2.05) is 13.8 Å². The van der Waals surface area contributed by atoms with E-state index in [9.17, 15) is 9.18 Å². The first kappa shape index (κ1) is 21.0. The lowest BCUT2D eigenvalue weighted by Crippen LogP contribution is -2.57. The number of nitrogens with two attached hydrogens (primary N) is 1. The van der Waals surface area contributed by atoms with Gasteiger partial charge >= 0.3 is 0 Å². The zero-order chi connectivity index (χ0) is 19.4. The Labute approximate surface area is 162 Å². The van der Waals surface area contributed by atoms with E-state index in [1.165, 1.54) is 44.9 Å². The van der Waals surface area contributed by atoms with Crippen molar-refractivity contribution in [3.63, 3.8) is 0 Å². The van der Waals surface area contributed by atoms with E-state index in [0.717, 1.165) is 0 Å². The van der Waals surface area contributed by atoms with Crippen molar-refractivity contribution in [2.24, 2.45) is 11.7 Å². The summed E-state index contributed by atoms with van der Waals surface area (Å²) in [6.07, 6.45) is 7.69. The molecule has 0 aromatic carbocycles. The molecule has 3 unspecified atom stereocenters. The number of amides is 1. The van der Waals surface area contributed by atoms with Gasteiger partial charge in [-0.3, -0.25) is 10.2 Å². The third-order valence-electron chi connectivity index (χ3n) is 6.37. The fourth-order valence-corrected chi connectivity index (χ4v) is 4.87. The van der Waals surface area contributed by atoms with Crippen molar-refractivity contribution >= 4 is 5.91 Å². The summed E-state index contributed by atoms with van der Waals surface area (Å²) >= 11 is 0. The van der Waals surface area contributed by atoms with Crippen LogP contribution in [0.2, 0.25) is 0 Å². The first-order valence-electron chi connectivity index (χ1n) is 10.8. The lowest BCUT2D eigenvalue weighted by atomic mass is 9.82. The summed E-state index contributed by atoms with van der Waals surface area (Å²) in [5, 5.41) is 0. The van der Waals surface area contributed by atoms with Crippen LogP contribution in [-0.2, 0) is 9.53 Å². The number of ether oxygens (including phenoxy) is 1. The van der Waals surface area contributed by atoms with E-state index >= 15 is 0 Å². The lowest BCUT2D eigenvalue weighted by molar-refractivity contribution is -0.140. The second kappa shape index (κ2) is 9.63. The van der Waals surface area contributed by atoms with E-state index in [-0.39, 0.29) is 30.6 Å². The molecule has 1 saturated carbocycles. The number of hydrogen-bond donors (Lipinski definition) is 3. The first-order valence-corrected chi connectivity index (χ1v) is 10.8. The van der Waals surface area contributed by atoms with E-state index in [0.29, 0.717) is 18.9 Å². The molecule has 0 aromatic rings. The highest BCUT2D eigenvalue weighted by molar-refractivity contribution is 5.83. The summed E-state index contributed by atoms with van der Waals surface area (Å²) in [6, 6.07) is -0.639. The monoisotopic (exact) mass is 384 g/mol. The molecule has 27 heavy (non-hydrogen) atoms. The summed E-state index contributed by atoms with van der Waals surface area (Å²) in [5.74, 6) is 0.415. The van der Waals surface area contributed by atoms with Gasteiger partial charge in [-0.2, -0.15) is 0 Å². The maximum absolute atomic E-state index is 14.5. The Balaban J connectivity index is 1.54. The molecule has 2 aliphatic heterocycles. The summed E-state index contributed by atoms with van der Waals surface area (Å²) < 4.78 is 20.1. The van der Waals surface area contributed by atoms with Crippen LogP contribution in [0.4, 0.5) is 4.39 Å². The number of halogens is 1. The Morgan fingerprint density at radius 1 is 1.11 bits per heavy atom. The second-order valence-corrected chi connectivity index (χ2v) is 8.79. The number of likely N-dealkylation sites (tertiary alicyclic amines) is 1. The fourth-order valence-electron chi connectivity index (χ4n) is 4.87. The van der Waals surface area contributed by atoms with E-state index in [4.69, 9.17) is 10.5 Å². The first-order chi connectivity index (χ1) is 13.0. The van der Waals surface area contributed by atoms with Crippen LogP contribution in [0, 0.1) is 5.92 Å². The number of nitrogens with zero attached hydrogens (tertiary/aromatic N) is 1. The molecule has 4 N–H and O–H groups in total. The third-order valence-corrected chi connectivity index (χ3v) is 6.37. The molecule has 1 aliphatic carbocycles. The molecule has 1 amide bonds. The molecule has 0 bridgehead atoms. The predicted octanol–water partition coefficient (Wildman–Crippen LogP) is 1.88.